The molecule has 0 amide bonds. The highest BCUT2D eigenvalue weighted by Gasteiger charge is 2.55. The summed E-state index contributed by atoms with van der Waals surface area (Å²) in [5.74, 6) is 2.81. The Kier molecular flexibility index (Phi) is 3.34. The monoisotopic (exact) mass is 387 g/mol. The predicted octanol–water partition coefficient (Wildman–Crippen LogP) is 7.38. The van der Waals surface area contributed by atoms with Gasteiger partial charge in [0.1, 0.15) is 0 Å². The highest BCUT2D eigenvalue weighted by Crippen LogP contribution is 2.64. The smallest absolute Gasteiger partial charge is 0.0875 e. The van der Waals surface area contributed by atoms with E-state index in [0.717, 1.165) is 34.9 Å². The second-order valence-corrected chi connectivity index (χ2v) is 11.0. The zero-order valence-electron chi connectivity index (χ0n) is 15.6. The first-order chi connectivity index (χ1) is 12.5. The standard InChI is InChI=1S/C23H27Cl2N/c1-22-5-3-2-4-18(22)26-21-19(22)16(9-17(24)20(21)25)23-10-13-6-14(11-23)8-15(7-13)12-23/h9,13-15H,2-8,10-12H2,1H3. The van der Waals surface area contributed by atoms with Crippen LogP contribution in [0.3, 0.4) is 0 Å². The minimum absolute atomic E-state index is 0.0977. The van der Waals surface area contributed by atoms with E-state index in [4.69, 9.17) is 28.2 Å². The third kappa shape index (κ3) is 2.03. The lowest BCUT2D eigenvalue weighted by molar-refractivity contribution is -0.00581. The Labute approximate surface area is 166 Å². The van der Waals surface area contributed by atoms with Gasteiger partial charge in [0, 0.05) is 11.1 Å². The highest BCUT2D eigenvalue weighted by atomic mass is 35.5. The Balaban J connectivity index is 1.58. The first kappa shape index (κ1) is 16.4. The van der Waals surface area contributed by atoms with Crippen molar-refractivity contribution in [3.8, 4) is 0 Å². The van der Waals surface area contributed by atoms with E-state index in [1.54, 1.807) is 5.56 Å². The molecule has 1 atom stereocenters. The number of halogens is 2. The number of benzene rings is 1. The summed E-state index contributed by atoms with van der Waals surface area (Å²) in [6, 6.07) is 2.27. The third-order valence-corrected chi connectivity index (χ3v) is 9.36. The van der Waals surface area contributed by atoms with Crippen LogP contribution in [0.25, 0.3) is 0 Å². The van der Waals surface area contributed by atoms with Gasteiger partial charge < -0.3 is 0 Å². The van der Waals surface area contributed by atoms with Gasteiger partial charge in [0.05, 0.1) is 15.7 Å². The van der Waals surface area contributed by atoms with Crippen molar-refractivity contribution in [3.63, 3.8) is 0 Å². The van der Waals surface area contributed by atoms with Gasteiger partial charge in [-0.3, -0.25) is 4.99 Å². The van der Waals surface area contributed by atoms with Gasteiger partial charge in [-0.05, 0) is 98.1 Å². The molecule has 1 aliphatic heterocycles. The van der Waals surface area contributed by atoms with Crippen LogP contribution in [0, 0.1) is 17.8 Å². The summed E-state index contributed by atoms with van der Waals surface area (Å²) in [5.41, 5.74) is 5.87. The molecular formula is C23H27Cl2N. The largest absolute Gasteiger partial charge is 0.255 e. The van der Waals surface area contributed by atoms with Crippen molar-refractivity contribution in [2.45, 2.75) is 82.0 Å². The van der Waals surface area contributed by atoms with Gasteiger partial charge in [-0.1, -0.05) is 36.5 Å². The molecule has 0 saturated heterocycles. The van der Waals surface area contributed by atoms with Gasteiger partial charge in [0.15, 0.2) is 0 Å². The van der Waals surface area contributed by atoms with E-state index in [2.05, 4.69) is 13.0 Å². The van der Waals surface area contributed by atoms with Crippen LogP contribution in [0.1, 0.15) is 82.3 Å². The molecule has 1 heterocycles. The van der Waals surface area contributed by atoms with Gasteiger partial charge >= 0.3 is 0 Å². The Hall–Kier alpha value is -0.530. The van der Waals surface area contributed by atoms with Crippen molar-refractivity contribution < 1.29 is 0 Å². The van der Waals surface area contributed by atoms with E-state index in [1.165, 1.54) is 69.1 Å². The average molecular weight is 388 g/mol. The predicted molar refractivity (Wildman–Crippen MR) is 109 cm³/mol. The van der Waals surface area contributed by atoms with Crippen molar-refractivity contribution in [1.29, 1.82) is 0 Å². The molecule has 0 N–H and O–H groups in total. The Bertz CT molecular complexity index is 804. The maximum absolute atomic E-state index is 6.71. The minimum atomic E-state index is 0.0977. The van der Waals surface area contributed by atoms with Crippen molar-refractivity contribution in [3.05, 3.63) is 27.2 Å². The molecule has 1 aromatic rings. The third-order valence-electron chi connectivity index (χ3n) is 8.58. The number of fused-ring (bicyclic) bond motifs is 3. The average Bonchev–Trinajstić information content (AvgIpc) is 2.90. The minimum Gasteiger partial charge on any atom is -0.255 e. The molecule has 5 aliphatic carbocycles. The molecule has 1 aromatic carbocycles. The van der Waals surface area contributed by atoms with Crippen LogP contribution in [0.4, 0.5) is 5.69 Å². The maximum Gasteiger partial charge on any atom is 0.0875 e. The van der Waals surface area contributed by atoms with Crippen molar-refractivity contribution >= 4 is 34.6 Å². The fourth-order valence-electron chi connectivity index (χ4n) is 7.91. The summed E-state index contributed by atoms with van der Waals surface area (Å²) < 4.78 is 0. The fourth-order valence-corrected chi connectivity index (χ4v) is 8.30. The lowest BCUT2D eigenvalue weighted by Crippen LogP contribution is -2.49. The molecule has 0 radical (unpaired) electrons. The lowest BCUT2D eigenvalue weighted by Gasteiger charge is -2.58. The molecule has 6 aliphatic rings. The lowest BCUT2D eigenvalue weighted by atomic mass is 9.47. The number of nitrogens with zero attached hydrogens (tertiary/aromatic N) is 1. The van der Waals surface area contributed by atoms with Crippen molar-refractivity contribution in [1.82, 2.24) is 0 Å². The molecule has 4 bridgehead atoms. The van der Waals surface area contributed by atoms with Gasteiger partial charge in [0.25, 0.3) is 0 Å². The molecule has 0 aromatic heterocycles. The number of aliphatic imine (C=N–C) groups is 1. The zero-order chi connectivity index (χ0) is 17.7. The first-order valence-electron chi connectivity index (χ1n) is 10.6. The van der Waals surface area contributed by atoms with Crippen LogP contribution in [0.5, 0.6) is 0 Å². The molecule has 1 nitrogen and oxygen atoms in total. The van der Waals surface area contributed by atoms with E-state index in [1.807, 2.05) is 0 Å². The molecule has 5 saturated carbocycles. The van der Waals surface area contributed by atoms with Crippen LogP contribution >= 0.6 is 23.2 Å². The fraction of sp³-hybridized carbons (Fsp3) is 0.696. The second-order valence-electron chi connectivity index (χ2n) is 10.2. The van der Waals surface area contributed by atoms with Gasteiger partial charge in [-0.15, -0.1) is 0 Å². The van der Waals surface area contributed by atoms with E-state index < -0.39 is 0 Å². The number of rotatable bonds is 1. The Morgan fingerprint density at radius 1 is 1.00 bits per heavy atom. The molecular weight excluding hydrogens is 361 g/mol. The Morgan fingerprint density at radius 3 is 2.31 bits per heavy atom. The molecule has 26 heavy (non-hydrogen) atoms. The highest BCUT2D eigenvalue weighted by molar-refractivity contribution is 6.44. The summed E-state index contributed by atoms with van der Waals surface area (Å²) in [4.78, 5) is 5.09. The second kappa shape index (κ2) is 5.29. The quantitative estimate of drug-likeness (QED) is 0.476. The van der Waals surface area contributed by atoms with Gasteiger partial charge in [-0.25, -0.2) is 0 Å². The van der Waals surface area contributed by atoms with Crippen LogP contribution in [0.15, 0.2) is 11.1 Å². The van der Waals surface area contributed by atoms with Gasteiger partial charge in [0.2, 0.25) is 0 Å². The van der Waals surface area contributed by atoms with Crippen LogP contribution in [-0.2, 0) is 10.8 Å². The van der Waals surface area contributed by atoms with Crippen LogP contribution < -0.4 is 0 Å². The molecule has 7 rings (SSSR count). The van der Waals surface area contributed by atoms with E-state index in [9.17, 15) is 0 Å². The van der Waals surface area contributed by atoms with E-state index in [0.29, 0.717) is 10.4 Å². The summed E-state index contributed by atoms with van der Waals surface area (Å²) >= 11 is 13.4. The van der Waals surface area contributed by atoms with Gasteiger partial charge in [-0.2, -0.15) is 0 Å². The summed E-state index contributed by atoms with van der Waals surface area (Å²) in [7, 11) is 0. The maximum atomic E-state index is 6.71. The summed E-state index contributed by atoms with van der Waals surface area (Å²) in [5, 5.41) is 1.42. The normalized spacial score (nSPS) is 42.6. The van der Waals surface area contributed by atoms with Crippen LogP contribution in [-0.4, -0.2) is 5.71 Å². The number of hydrogen-bond acceptors (Lipinski definition) is 1. The molecule has 1 unspecified atom stereocenters. The summed E-state index contributed by atoms with van der Waals surface area (Å²) in [6.45, 7) is 2.44. The Morgan fingerprint density at radius 2 is 1.65 bits per heavy atom. The van der Waals surface area contributed by atoms with Crippen molar-refractivity contribution in [2.75, 3.05) is 0 Å². The van der Waals surface area contributed by atoms with E-state index >= 15 is 0 Å². The van der Waals surface area contributed by atoms with Crippen LogP contribution in [0.2, 0.25) is 10.0 Å². The molecule has 3 heteroatoms. The van der Waals surface area contributed by atoms with Crippen molar-refractivity contribution in [2.24, 2.45) is 22.7 Å². The summed E-state index contributed by atoms with van der Waals surface area (Å²) in [6.07, 6.45) is 13.4. The molecule has 5 fully saturated rings. The first-order valence-corrected chi connectivity index (χ1v) is 11.4. The zero-order valence-corrected chi connectivity index (χ0v) is 17.1. The number of hydrogen-bond donors (Lipinski definition) is 0. The topological polar surface area (TPSA) is 12.4 Å². The SMILES string of the molecule is CC12CCCCC1=Nc1c(Cl)c(Cl)cc(C34CC5CC(CC(C5)C3)C4)c12. The van der Waals surface area contributed by atoms with E-state index in [-0.39, 0.29) is 5.41 Å². The molecule has 0 spiro atoms. The molecule has 138 valence electrons.